The Morgan fingerprint density at radius 2 is 1.45 bits per heavy atom. The third-order valence-corrected chi connectivity index (χ3v) is 6.06. The van der Waals surface area contributed by atoms with Crippen molar-refractivity contribution < 1.29 is 29.0 Å². The van der Waals surface area contributed by atoms with E-state index in [1.165, 1.54) is 0 Å². The molecule has 0 saturated carbocycles. The molecule has 1 aliphatic rings. The molecule has 1 aromatic carbocycles. The van der Waals surface area contributed by atoms with Crippen molar-refractivity contribution in [3.05, 3.63) is 58.9 Å². The Hall–Kier alpha value is -3.72. The second-order valence-electron chi connectivity index (χ2n) is 11.7. The maximum atomic E-state index is 14.5. The van der Waals surface area contributed by atoms with Gasteiger partial charge in [0, 0.05) is 55.3 Å². The highest BCUT2D eigenvalue weighted by molar-refractivity contribution is 6.05. The van der Waals surface area contributed by atoms with Gasteiger partial charge in [0.15, 0.2) is 11.5 Å². The minimum Gasteiger partial charge on any atom is -0.507 e. The highest BCUT2D eigenvalue weighted by atomic mass is 16.6. The van der Waals surface area contributed by atoms with Gasteiger partial charge in [-0.3, -0.25) is 9.78 Å². The van der Waals surface area contributed by atoms with Crippen LogP contribution in [0.3, 0.4) is 0 Å². The van der Waals surface area contributed by atoms with Gasteiger partial charge in [-0.2, -0.15) is 0 Å². The molecule has 0 spiro atoms. The molecule has 0 saturated heterocycles. The summed E-state index contributed by atoms with van der Waals surface area (Å²) in [5, 5.41) is 11.6. The lowest BCUT2D eigenvalue weighted by Gasteiger charge is -2.33. The number of ether oxygens (including phenoxy) is 2. The first-order valence-corrected chi connectivity index (χ1v) is 12.5. The third-order valence-electron chi connectivity index (χ3n) is 6.06. The summed E-state index contributed by atoms with van der Waals surface area (Å²) >= 11 is 0. The summed E-state index contributed by atoms with van der Waals surface area (Å²) in [6, 6.07) is 3.65. The van der Waals surface area contributed by atoms with Crippen LogP contribution in [0.1, 0.15) is 68.6 Å². The zero-order chi connectivity index (χ0) is 28.4. The van der Waals surface area contributed by atoms with Crippen molar-refractivity contribution in [2.24, 2.45) is 0 Å². The number of likely N-dealkylation sites (N-methyl/N-ethyl adjacent to an activating group) is 1. The Morgan fingerprint density at radius 3 is 1.87 bits per heavy atom. The zero-order valence-electron chi connectivity index (χ0n) is 23.4. The average Bonchev–Trinajstić information content (AvgIpc) is 2.82. The molecule has 2 aromatic rings. The van der Waals surface area contributed by atoms with Crippen LogP contribution >= 0.6 is 0 Å². The normalized spacial score (nSPS) is 14.8. The van der Waals surface area contributed by atoms with Crippen molar-refractivity contribution in [2.45, 2.75) is 58.9 Å². The van der Waals surface area contributed by atoms with E-state index < -0.39 is 28.7 Å². The predicted octanol–water partition coefficient (Wildman–Crippen LogP) is 3.97. The summed E-state index contributed by atoms with van der Waals surface area (Å²) in [6.07, 6.45) is 5.23. The van der Waals surface area contributed by atoms with E-state index in [9.17, 15) is 19.5 Å². The van der Waals surface area contributed by atoms with E-state index in [1.54, 1.807) is 23.4 Å². The van der Waals surface area contributed by atoms with Crippen LogP contribution in [0.4, 0.5) is 0 Å². The molecule has 0 atom stereocenters. The summed E-state index contributed by atoms with van der Waals surface area (Å²) in [6.45, 7) is 12.2. The van der Waals surface area contributed by atoms with Crippen molar-refractivity contribution >= 4 is 17.8 Å². The maximum absolute atomic E-state index is 14.5. The van der Waals surface area contributed by atoms with E-state index in [0.717, 1.165) is 17.7 Å². The van der Waals surface area contributed by atoms with E-state index in [4.69, 9.17) is 9.47 Å². The number of aromatic hydroxyl groups is 1. The van der Waals surface area contributed by atoms with Gasteiger partial charge in [0.2, 0.25) is 0 Å². The maximum Gasteiger partial charge on any atom is 0.336 e. The molecule has 1 amide bonds. The Kier molecular flexibility index (Phi) is 8.31. The van der Waals surface area contributed by atoms with Crippen LogP contribution in [0.5, 0.6) is 17.2 Å². The van der Waals surface area contributed by atoms with Gasteiger partial charge in [0.1, 0.15) is 11.3 Å². The van der Waals surface area contributed by atoms with Crippen LogP contribution < -0.4 is 9.47 Å². The lowest BCUT2D eigenvalue weighted by molar-refractivity contribution is -0.131. The number of amides is 1. The molecule has 0 unspecified atom stereocenters. The highest BCUT2D eigenvalue weighted by Gasteiger charge is 2.41. The fraction of sp³-hybridized carbons (Fsp3) is 0.448. The summed E-state index contributed by atoms with van der Waals surface area (Å²) in [4.78, 5) is 47.6. The van der Waals surface area contributed by atoms with Crippen molar-refractivity contribution in [3.8, 4) is 17.2 Å². The van der Waals surface area contributed by atoms with Gasteiger partial charge in [-0.1, -0.05) is 47.6 Å². The number of carbonyl (C=O) groups is 3. The second-order valence-corrected chi connectivity index (χ2v) is 11.7. The predicted molar refractivity (Wildman–Crippen MR) is 143 cm³/mol. The fourth-order valence-corrected chi connectivity index (χ4v) is 4.33. The van der Waals surface area contributed by atoms with Gasteiger partial charge >= 0.3 is 11.9 Å². The molecule has 9 nitrogen and oxygen atoms in total. The quantitative estimate of drug-likeness (QED) is 0.448. The van der Waals surface area contributed by atoms with Crippen LogP contribution in [0.15, 0.2) is 36.7 Å². The number of hydrogen-bond acceptors (Lipinski definition) is 8. The van der Waals surface area contributed by atoms with E-state index >= 15 is 0 Å². The first-order valence-electron chi connectivity index (χ1n) is 12.5. The van der Waals surface area contributed by atoms with Crippen molar-refractivity contribution in [2.75, 3.05) is 27.2 Å². The molecule has 1 aromatic heterocycles. The summed E-state index contributed by atoms with van der Waals surface area (Å²) < 4.78 is 11.4. The molecule has 204 valence electrons. The zero-order valence-corrected chi connectivity index (χ0v) is 23.4. The number of benzene rings is 1. The molecule has 0 radical (unpaired) electrons. The molecule has 1 N–H and O–H groups in total. The lowest BCUT2D eigenvalue weighted by Crippen LogP contribution is -2.37. The Bertz CT molecular complexity index is 1190. The number of phenols is 1. The number of esters is 2. The smallest absolute Gasteiger partial charge is 0.336 e. The number of rotatable bonds is 6. The SMILES string of the molecule is CN(C)CCN(Cc1cccnc1)C(=O)c1c2c(C(C)(C)C)c(O)c(C(C)(C)C)c1OC(=O)/C=C\C(=O)O2. The summed E-state index contributed by atoms with van der Waals surface area (Å²) in [5.74, 6) is -2.63. The topological polar surface area (TPSA) is 109 Å². The molecular formula is C29H37N3O6. The molecule has 0 aliphatic carbocycles. The molecule has 1 aliphatic heterocycles. The monoisotopic (exact) mass is 523 g/mol. The number of pyridine rings is 1. The fourth-order valence-electron chi connectivity index (χ4n) is 4.33. The van der Waals surface area contributed by atoms with Gasteiger partial charge in [-0.05, 0) is 36.6 Å². The molecular weight excluding hydrogens is 486 g/mol. The number of fused-ring (bicyclic) bond motifs is 2. The van der Waals surface area contributed by atoms with Crippen molar-refractivity contribution in [1.29, 1.82) is 0 Å². The van der Waals surface area contributed by atoms with Crippen LogP contribution in [-0.2, 0) is 27.0 Å². The second kappa shape index (κ2) is 10.9. The Balaban J connectivity index is 2.40. The first kappa shape index (κ1) is 28.8. The number of carbonyl (C=O) groups excluding carboxylic acids is 3. The van der Waals surface area contributed by atoms with E-state index in [0.29, 0.717) is 13.1 Å². The number of nitrogens with zero attached hydrogens (tertiary/aromatic N) is 3. The standard InChI is InChI=1S/C29H37N3O6/c1-28(2,3)22-24(35)23(29(4,5)6)26-21(25(22)37-19(33)11-12-20(34)38-26)27(36)32(15-14-31(7)8)17-18-10-9-13-30-16-18/h9-13,16,35H,14-15,17H2,1-8H3/b12-11-. The Morgan fingerprint density at radius 1 is 0.921 bits per heavy atom. The van der Waals surface area contributed by atoms with Crippen LogP contribution in [-0.4, -0.2) is 64.9 Å². The van der Waals surface area contributed by atoms with Crippen LogP contribution in [0, 0.1) is 0 Å². The van der Waals surface area contributed by atoms with Gasteiger partial charge < -0.3 is 24.4 Å². The molecule has 3 rings (SSSR count). The average molecular weight is 524 g/mol. The lowest BCUT2D eigenvalue weighted by atomic mass is 9.76. The minimum atomic E-state index is -0.857. The van der Waals surface area contributed by atoms with E-state index in [-0.39, 0.29) is 40.5 Å². The summed E-state index contributed by atoms with van der Waals surface area (Å²) in [7, 11) is 3.80. The van der Waals surface area contributed by atoms with E-state index in [2.05, 4.69) is 4.98 Å². The third kappa shape index (κ3) is 6.39. The van der Waals surface area contributed by atoms with Gasteiger partial charge in [-0.25, -0.2) is 9.59 Å². The van der Waals surface area contributed by atoms with Crippen LogP contribution in [0.25, 0.3) is 0 Å². The minimum absolute atomic E-state index is 0.0781. The Labute approximate surface area is 224 Å². The molecule has 2 bridgehead atoms. The first-order chi connectivity index (χ1) is 17.6. The van der Waals surface area contributed by atoms with Gasteiger partial charge in [0.05, 0.1) is 0 Å². The van der Waals surface area contributed by atoms with E-state index in [1.807, 2.05) is 66.6 Å². The molecule has 38 heavy (non-hydrogen) atoms. The van der Waals surface area contributed by atoms with Crippen molar-refractivity contribution in [1.82, 2.24) is 14.8 Å². The van der Waals surface area contributed by atoms with Crippen molar-refractivity contribution in [3.63, 3.8) is 0 Å². The highest BCUT2D eigenvalue weighted by Crippen LogP contribution is 2.52. The largest absolute Gasteiger partial charge is 0.507 e. The number of phenolic OH excluding ortho intramolecular Hbond substituents is 1. The molecule has 0 fully saturated rings. The number of hydrogen-bond donors (Lipinski definition) is 1. The number of aromatic nitrogens is 1. The van der Waals surface area contributed by atoms with Gasteiger partial charge in [-0.15, -0.1) is 0 Å². The molecule has 9 heteroatoms. The van der Waals surface area contributed by atoms with Crippen LogP contribution in [0.2, 0.25) is 0 Å². The molecule has 2 heterocycles. The summed E-state index contributed by atoms with van der Waals surface area (Å²) in [5.41, 5.74) is -0.203. The van der Waals surface area contributed by atoms with Gasteiger partial charge in [0.25, 0.3) is 5.91 Å².